The van der Waals surface area contributed by atoms with E-state index in [9.17, 15) is 0 Å². The number of aromatic nitrogens is 2. The van der Waals surface area contributed by atoms with Crippen molar-refractivity contribution in [1.82, 2.24) is 9.55 Å². The third kappa shape index (κ3) is 6.66. The van der Waals surface area contributed by atoms with Gasteiger partial charge in [0.1, 0.15) is 5.82 Å². The monoisotopic (exact) mass is 936 g/mol. The molecule has 0 saturated carbocycles. The quantitative estimate of drug-likeness (QED) is 0.149. The van der Waals surface area contributed by atoms with E-state index in [1.54, 1.807) is 35.0 Å². The summed E-state index contributed by atoms with van der Waals surface area (Å²) in [4.78, 5) is 8.82. The van der Waals surface area contributed by atoms with Gasteiger partial charge in [-0.1, -0.05) is 135 Å². The van der Waals surface area contributed by atoms with Crippen LogP contribution in [0.25, 0.3) is 49.9 Å². The molecular weight excluding hydrogens is 892 g/mol. The van der Waals surface area contributed by atoms with Crippen LogP contribution in [0, 0.1) is 18.8 Å². The molecule has 0 fully saturated rings. The Morgan fingerprint density at radius 2 is 1.28 bits per heavy atom. The molecule has 0 aliphatic carbocycles. The van der Waals surface area contributed by atoms with Gasteiger partial charge < -0.3 is 19.1 Å². The van der Waals surface area contributed by atoms with Gasteiger partial charge >= 0.3 is 0 Å². The molecule has 0 atom stereocenters. The smallest absolute Gasteiger partial charge is 0.135 e. The first-order valence-electron chi connectivity index (χ1n) is 21.8. The van der Waals surface area contributed by atoms with Crippen LogP contribution in [0.5, 0.6) is 11.5 Å². The molecule has 9 aromatic rings. The summed E-state index contributed by atoms with van der Waals surface area (Å²) in [7, 11) is 0. The van der Waals surface area contributed by atoms with E-state index in [0.29, 0.717) is 45.1 Å². The molecule has 2 aromatic heterocycles. The van der Waals surface area contributed by atoms with E-state index in [2.05, 4.69) is 68.1 Å². The summed E-state index contributed by atoms with van der Waals surface area (Å²) < 4.78 is 61.0. The summed E-state index contributed by atoms with van der Waals surface area (Å²) in [6, 6.07) is 49.1. The first kappa shape index (κ1) is 30.7. The van der Waals surface area contributed by atoms with E-state index in [0.717, 1.165) is 44.9 Å². The molecule has 0 saturated heterocycles. The van der Waals surface area contributed by atoms with Gasteiger partial charge in [-0.25, -0.2) is 4.98 Å². The van der Waals surface area contributed by atoms with Crippen LogP contribution in [-0.2, 0) is 26.5 Å². The Hall–Kier alpha value is -6.42. The largest absolute Gasteiger partial charge is 0.509 e. The Labute approximate surface area is 362 Å². The molecule has 0 amide bonds. The SMILES string of the molecule is [2H]c1cc(Oc2[c-]c3c(cc2)c2c([2H])c([2H])c([2H])c([2H])c2n3-c2cc(C(C)(C)C)ccn2)[c-]c(N2[CH-]N(c3c(-c4ccccc4)cc([2H])cc3-c3ccccc3)c3ccccc32)c1.[Pt]. The molecule has 0 N–H and O–H groups in total. The zero-order valence-electron chi connectivity index (χ0n) is 37.9. The molecule has 1 aliphatic rings. The van der Waals surface area contributed by atoms with Crippen LogP contribution in [0.1, 0.15) is 34.6 Å². The minimum absolute atomic E-state index is 0. The van der Waals surface area contributed by atoms with Crippen molar-refractivity contribution in [2.45, 2.75) is 26.2 Å². The molecule has 58 heavy (non-hydrogen) atoms. The molecule has 0 bridgehead atoms. The summed E-state index contributed by atoms with van der Waals surface area (Å²) in [5, 5.41) is 0.928. The first-order valence-corrected chi connectivity index (χ1v) is 18.8. The van der Waals surface area contributed by atoms with Crippen LogP contribution in [-0.4, -0.2) is 9.55 Å². The van der Waals surface area contributed by atoms with Crippen molar-refractivity contribution in [3.8, 4) is 39.6 Å². The van der Waals surface area contributed by atoms with Crippen molar-refractivity contribution in [3.05, 3.63) is 200 Å². The predicted octanol–water partition coefficient (Wildman–Crippen LogP) is 13.6. The number of rotatable bonds is 7. The van der Waals surface area contributed by atoms with E-state index in [1.807, 2.05) is 90.4 Å². The van der Waals surface area contributed by atoms with Gasteiger partial charge in [0.25, 0.3) is 0 Å². The second kappa shape index (κ2) is 15.2. The Kier molecular flexibility index (Phi) is 8.02. The van der Waals surface area contributed by atoms with Crippen LogP contribution in [0.4, 0.5) is 22.7 Å². The number of hydrogen-bond acceptors (Lipinski definition) is 4. The van der Waals surface area contributed by atoms with E-state index in [1.165, 1.54) is 0 Å². The first-order chi connectivity index (χ1) is 30.4. The Balaban J connectivity index is 0.00000518. The minimum atomic E-state index is -0.339. The molecule has 286 valence electrons. The van der Waals surface area contributed by atoms with Crippen LogP contribution in [0.2, 0.25) is 0 Å². The maximum absolute atomic E-state index is 9.00. The summed E-state index contributed by atoms with van der Waals surface area (Å²) in [6.07, 6.45) is 1.71. The molecule has 0 unspecified atom stereocenters. The molecule has 6 heteroatoms. The van der Waals surface area contributed by atoms with Crippen molar-refractivity contribution in [2.24, 2.45) is 0 Å². The Morgan fingerprint density at radius 3 is 1.98 bits per heavy atom. The number of benzene rings is 7. The van der Waals surface area contributed by atoms with Gasteiger partial charge in [-0.15, -0.1) is 48.1 Å². The van der Waals surface area contributed by atoms with Crippen molar-refractivity contribution < 1.29 is 34.0 Å². The van der Waals surface area contributed by atoms with Gasteiger partial charge in [-0.05, 0) is 57.8 Å². The number of nitrogens with zero attached hydrogens (tertiary/aromatic N) is 4. The zero-order chi connectivity index (χ0) is 43.7. The second-order valence-corrected chi connectivity index (χ2v) is 14.9. The van der Waals surface area contributed by atoms with E-state index >= 15 is 0 Å². The number of anilines is 4. The fourth-order valence-electron chi connectivity index (χ4n) is 7.52. The zero-order valence-corrected chi connectivity index (χ0v) is 34.1. The van der Waals surface area contributed by atoms with Crippen LogP contribution in [0.15, 0.2) is 176 Å². The standard InChI is InChI=1S/C52H39N4O.Pt/c1-52(2,3)38-30-31-53-50(32-38)56-46-25-11-10-22-44(46)45-29-28-41(34-49(45)56)57-40-21-14-20-39(33-40)54-35-55(48-27-13-12-26-47(48)54)51-42(36-16-6-4-7-17-36)23-15-24-43(51)37-18-8-5-9-19-37;/h4-32,35H,1-3H3;/q-3;/i10D,11D,14D,15D,22D,25D;. The molecule has 0 spiro atoms. The topological polar surface area (TPSA) is 33.5 Å². The van der Waals surface area contributed by atoms with Gasteiger partial charge in [-0.3, -0.25) is 0 Å². The Morgan fingerprint density at radius 1 is 0.638 bits per heavy atom. The molecule has 5 nitrogen and oxygen atoms in total. The molecule has 10 rings (SSSR count). The molecule has 1 aliphatic heterocycles. The number of ether oxygens (including phenoxy) is 1. The maximum atomic E-state index is 9.00. The normalized spacial score (nSPS) is 13.9. The third-order valence-electron chi connectivity index (χ3n) is 10.3. The number of para-hydroxylation sites is 4. The van der Waals surface area contributed by atoms with Crippen molar-refractivity contribution in [2.75, 3.05) is 9.80 Å². The van der Waals surface area contributed by atoms with E-state index in [4.69, 9.17) is 17.9 Å². The maximum Gasteiger partial charge on any atom is 0.135 e. The van der Waals surface area contributed by atoms with Gasteiger partial charge in [-0.2, -0.15) is 12.1 Å². The van der Waals surface area contributed by atoms with E-state index < -0.39 is 0 Å². The summed E-state index contributed by atoms with van der Waals surface area (Å²) in [6.45, 7) is 8.29. The van der Waals surface area contributed by atoms with Crippen molar-refractivity contribution in [1.29, 1.82) is 0 Å². The van der Waals surface area contributed by atoms with Crippen LogP contribution < -0.4 is 14.5 Å². The third-order valence-corrected chi connectivity index (χ3v) is 10.3. The molecular formula is C52H39N4OPt-3. The van der Waals surface area contributed by atoms with Crippen LogP contribution >= 0.6 is 0 Å². The van der Waals surface area contributed by atoms with Gasteiger partial charge in [0.15, 0.2) is 0 Å². The average Bonchev–Trinajstić information content (AvgIpc) is 3.84. The van der Waals surface area contributed by atoms with Crippen molar-refractivity contribution >= 4 is 44.6 Å². The molecule has 0 radical (unpaired) electrons. The minimum Gasteiger partial charge on any atom is -0.509 e. The van der Waals surface area contributed by atoms with Gasteiger partial charge in [0, 0.05) is 73.8 Å². The second-order valence-electron chi connectivity index (χ2n) is 14.9. The summed E-state index contributed by atoms with van der Waals surface area (Å²) >= 11 is 0. The summed E-state index contributed by atoms with van der Waals surface area (Å²) in [5.74, 6) is 1.05. The van der Waals surface area contributed by atoms with Crippen LogP contribution in [0.3, 0.4) is 0 Å². The number of hydrogen-bond donors (Lipinski definition) is 0. The number of fused-ring (bicyclic) bond motifs is 4. The fraction of sp³-hybridized carbons (Fsp3) is 0.0769. The van der Waals surface area contributed by atoms with Gasteiger partial charge in [0.2, 0.25) is 0 Å². The van der Waals surface area contributed by atoms with Crippen molar-refractivity contribution in [3.63, 3.8) is 0 Å². The average molecular weight is 937 g/mol. The van der Waals surface area contributed by atoms with E-state index in [-0.39, 0.29) is 62.4 Å². The fourth-order valence-corrected chi connectivity index (χ4v) is 7.52. The summed E-state index contributed by atoms with van der Waals surface area (Å²) in [5.41, 5.74) is 8.52. The molecule has 7 aromatic carbocycles. The van der Waals surface area contributed by atoms with Gasteiger partial charge in [0.05, 0.1) is 6.85 Å². The Bertz CT molecular complexity index is 3200. The predicted molar refractivity (Wildman–Crippen MR) is 234 cm³/mol. The number of pyridine rings is 1. The molecule has 3 heterocycles.